The van der Waals surface area contributed by atoms with Crippen LogP contribution >= 0.6 is 0 Å². The normalized spacial score (nSPS) is 10.5. The number of aromatic nitrogens is 2. The maximum Gasteiger partial charge on any atom is 0.267 e. The number of hydrogen-bond donors (Lipinski definition) is 1. The van der Waals surface area contributed by atoms with Crippen LogP contribution in [-0.4, -0.2) is 16.9 Å². The largest absolute Gasteiger partial charge is 0.480 e. The third-order valence-corrected chi connectivity index (χ3v) is 2.72. The minimum absolute atomic E-state index is 0.0374. The Balaban J connectivity index is 2.38. The number of nitrogens with two attached hydrogens (primary N) is 1. The van der Waals surface area contributed by atoms with E-state index < -0.39 is 5.82 Å². The molecular weight excluding hydrogens is 249 g/mol. The summed E-state index contributed by atoms with van der Waals surface area (Å²) in [6.07, 6.45) is 0. The number of halogens is 1. The highest BCUT2D eigenvalue weighted by atomic mass is 19.1. The summed E-state index contributed by atoms with van der Waals surface area (Å²) < 4.78 is 19.8. The zero-order chi connectivity index (χ0) is 13.8. The third kappa shape index (κ3) is 2.97. The summed E-state index contributed by atoms with van der Waals surface area (Å²) in [5, 5.41) is 3.97. The lowest BCUT2D eigenvalue weighted by Crippen LogP contribution is -2.23. The Hall–Kier alpha value is -2.21. The highest BCUT2D eigenvalue weighted by Crippen LogP contribution is 2.11. The molecule has 100 valence electrons. The van der Waals surface area contributed by atoms with Gasteiger partial charge in [0.05, 0.1) is 13.7 Å². The van der Waals surface area contributed by atoms with Crippen molar-refractivity contribution >= 4 is 0 Å². The quantitative estimate of drug-likeness (QED) is 0.889. The predicted octanol–water partition coefficient (Wildman–Crippen LogP) is 0.898. The van der Waals surface area contributed by atoms with E-state index in [9.17, 15) is 9.18 Å². The van der Waals surface area contributed by atoms with Crippen molar-refractivity contribution in [3.63, 3.8) is 0 Å². The molecule has 0 aliphatic rings. The number of nitrogens with zero attached hydrogens (tertiary/aromatic N) is 2. The lowest BCUT2D eigenvalue weighted by Gasteiger charge is -2.08. The van der Waals surface area contributed by atoms with Gasteiger partial charge in [0.25, 0.3) is 5.56 Å². The molecule has 0 saturated heterocycles. The molecule has 0 unspecified atom stereocenters. The number of hydrogen-bond acceptors (Lipinski definition) is 4. The first-order valence-corrected chi connectivity index (χ1v) is 5.73. The molecule has 0 spiro atoms. The number of benzene rings is 1. The Morgan fingerprint density at radius 2 is 2.16 bits per heavy atom. The predicted molar refractivity (Wildman–Crippen MR) is 68.4 cm³/mol. The van der Waals surface area contributed by atoms with Crippen molar-refractivity contribution in [2.45, 2.75) is 13.1 Å². The first kappa shape index (κ1) is 13.2. The van der Waals surface area contributed by atoms with Crippen molar-refractivity contribution in [3.05, 3.63) is 57.6 Å². The van der Waals surface area contributed by atoms with Crippen molar-refractivity contribution in [3.8, 4) is 5.88 Å². The van der Waals surface area contributed by atoms with Crippen LogP contribution in [0.2, 0.25) is 0 Å². The molecule has 5 nitrogen and oxygen atoms in total. The van der Waals surface area contributed by atoms with Crippen LogP contribution in [-0.2, 0) is 13.1 Å². The molecule has 2 rings (SSSR count). The highest BCUT2D eigenvalue weighted by molar-refractivity contribution is 5.25. The fourth-order valence-corrected chi connectivity index (χ4v) is 1.69. The van der Waals surface area contributed by atoms with Gasteiger partial charge in [-0.15, -0.1) is 5.10 Å². The first-order valence-electron chi connectivity index (χ1n) is 5.73. The zero-order valence-corrected chi connectivity index (χ0v) is 10.5. The Bertz CT molecular complexity index is 640. The van der Waals surface area contributed by atoms with Crippen molar-refractivity contribution in [1.82, 2.24) is 9.78 Å². The Morgan fingerprint density at radius 1 is 1.37 bits per heavy atom. The topological polar surface area (TPSA) is 70.1 Å². The van der Waals surface area contributed by atoms with Crippen LogP contribution in [0.5, 0.6) is 5.88 Å². The summed E-state index contributed by atoms with van der Waals surface area (Å²) in [4.78, 5) is 11.7. The summed E-state index contributed by atoms with van der Waals surface area (Å²) in [5.74, 6) is -0.0938. The van der Waals surface area contributed by atoms with E-state index >= 15 is 0 Å². The minimum atomic E-state index is -0.395. The summed E-state index contributed by atoms with van der Waals surface area (Å²) in [7, 11) is 1.45. The molecular formula is C13H14FN3O2. The number of methoxy groups -OCH3 is 1. The maximum absolute atomic E-state index is 13.7. The Labute approximate surface area is 109 Å². The van der Waals surface area contributed by atoms with E-state index in [1.165, 1.54) is 25.3 Å². The summed E-state index contributed by atoms with van der Waals surface area (Å²) >= 11 is 0. The monoisotopic (exact) mass is 263 g/mol. The van der Waals surface area contributed by atoms with Crippen LogP contribution in [0.1, 0.15) is 11.1 Å². The van der Waals surface area contributed by atoms with Crippen molar-refractivity contribution < 1.29 is 9.13 Å². The molecule has 0 atom stereocenters. The molecule has 2 N–H and O–H groups in total. The number of rotatable bonds is 4. The molecule has 1 aromatic carbocycles. The van der Waals surface area contributed by atoms with Crippen LogP contribution < -0.4 is 16.0 Å². The minimum Gasteiger partial charge on any atom is -0.480 e. The van der Waals surface area contributed by atoms with E-state index in [0.717, 1.165) is 10.2 Å². The van der Waals surface area contributed by atoms with Gasteiger partial charge in [0.1, 0.15) is 5.82 Å². The number of ether oxygens (including phenoxy) is 1. The molecule has 2 aromatic rings. The SMILES string of the molecule is COc1ccc(=O)n(Cc2cc(CN)ccc2F)n1. The molecule has 1 heterocycles. The van der Waals surface area contributed by atoms with Gasteiger partial charge in [0.15, 0.2) is 0 Å². The molecule has 1 aromatic heterocycles. The fourth-order valence-electron chi connectivity index (χ4n) is 1.69. The smallest absolute Gasteiger partial charge is 0.267 e. The van der Waals surface area contributed by atoms with Gasteiger partial charge in [-0.3, -0.25) is 4.79 Å². The molecule has 0 aliphatic carbocycles. The van der Waals surface area contributed by atoms with Gasteiger partial charge < -0.3 is 10.5 Å². The summed E-state index contributed by atoms with van der Waals surface area (Å²) in [6, 6.07) is 7.37. The fraction of sp³-hybridized carbons (Fsp3) is 0.231. The van der Waals surface area contributed by atoms with E-state index in [0.29, 0.717) is 18.0 Å². The average molecular weight is 263 g/mol. The first-order chi connectivity index (χ1) is 9.13. The van der Waals surface area contributed by atoms with Gasteiger partial charge >= 0.3 is 0 Å². The van der Waals surface area contributed by atoms with Gasteiger partial charge in [0.2, 0.25) is 5.88 Å². The van der Waals surface area contributed by atoms with E-state index in [4.69, 9.17) is 10.5 Å². The highest BCUT2D eigenvalue weighted by Gasteiger charge is 2.07. The lowest BCUT2D eigenvalue weighted by atomic mass is 10.1. The molecule has 0 bridgehead atoms. The second-order valence-electron chi connectivity index (χ2n) is 4.00. The van der Waals surface area contributed by atoms with E-state index in [-0.39, 0.29) is 12.1 Å². The summed E-state index contributed by atoms with van der Waals surface area (Å²) in [6.45, 7) is 0.351. The van der Waals surface area contributed by atoms with E-state index in [2.05, 4.69) is 5.10 Å². The second-order valence-corrected chi connectivity index (χ2v) is 4.00. The third-order valence-electron chi connectivity index (χ3n) is 2.72. The van der Waals surface area contributed by atoms with Crippen molar-refractivity contribution in [1.29, 1.82) is 0 Å². The van der Waals surface area contributed by atoms with Gasteiger partial charge in [-0.25, -0.2) is 9.07 Å². The standard InChI is InChI=1S/C13H14FN3O2/c1-19-12-4-5-13(18)17(16-12)8-10-6-9(7-15)2-3-11(10)14/h2-6H,7-8,15H2,1H3. The van der Waals surface area contributed by atoms with Gasteiger partial charge in [-0.1, -0.05) is 6.07 Å². The van der Waals surface area contributed by atoms with Gasteiger partial charge in [0, 0.05) is 24.2 Å². The molecule has 0 saturated carbocycles. The second kappa shape index (κ2) is 5.62. The lowest BCUT2D eigenvalue weighted by molar-refractivity contribution is 0.378. The molecule has 6 heteroatoms. The van der Waals surface area contributed by atoms with Gasteiger partial charge in [-0.2, -0.15) is 0 Å². The Kier molecular flexibility index (Phi) is 3.91. The maximum atomic E-state index is 13.7. The molecule has 0 fully saturated rings. The van der Waals surface area contributed by atoms with E-state index in [1.54, 1.807) is 12.1 Å². The van der Waals surface area contributed by atoms with Gasteiger partial charge in [-0.05, 0) is 17.7 Å². The van der Waals surface area contributed by atoms with Crippen LogP contribution in [0.3, 0.4) is 0 Å². The molecule has 0 aliphatic heterocycles. The van der Waals surface area contributed by atoms with Crippen LogP contribution in [0.25, 0.3) is 0 Å². The molecule has 0 radical (unpaired) electrons. The van der Waals surface area contributed by atoms with E-state index in [1.807, 2.05) is 0 Å². The van der Waals surface area contributed by atoms with Crippen LogP contribution in [0.15, 0.2) is 35.1 Å². The van der Waals surface area contributed by atoms with Crippen molar-refractivity contribution in [2.24, 2.45) is 5.73 Å². The molecule has 19 heavy (non-hydrogen) atoms. The van der Waals surface area contributed by atoms with Crippen molar-refractivity contribution in [2.75, 3.05) is 7.11 Å². The van der Waals surface area contributed by atoms with Crippen LogP contribution in [0.4, 0.5) is 4.39 Å². The van der Waals surface area contributed by atoms with Crippen LogP contribution in [0, 0.1) is 5.82 Å². The Morgan fingerprint density at radius 3 is 2.84 bits per heavy atom. The zero-order valence-electron chi connectivity index (χ0n) is 10.5. The average Bonchev–Trinajstić information content (AvgIpc) is 2.43. The summed E-state index contributed by atoms with van der Waals surface area (Å²) in [5.41, 5.74) is 6.36. The molecule has 0 amide bonds.